The Balaban J connectivity index is 1.42. The number of anilines is 3. The normalized spacial score (nSPS) is 20.6. The number of rotatable bonds is 4. The quantitative estimate of drug-likeness (QED) is 0.481. The fourth-order valence-corrected chi connectivity index (χ4v) is 5.42. The van der Waals surface area contributed by atoms with Crippen LogP contribution in [0.3, 0.4) is 0 Å². The van der Waals surface area contributed by atoms with Gasteiger partial charge in [-0.05, 0) is 74.8 Å². The van der Waals surface area contributed by atoms with E-state index in [1.165, 1.54) is 12.8 Å². The molecule has 4 heterocycles. The zero-order chi connectivity index (χ0) is 26.2. The Morgan fingerprint density at radius 2 is 2.05 bits per heavy atom. The smallest absolute Gasteiger partial charge is 0.280 e. The molecule has 2 bridgehead atoms. The fourth-order valence-electron chi connectivity index (χ4n) is 5.42. The second-order valence-electron chi connectivity index (χ2n) is 10.4. The van der Waals surface area contributed by atoms with Crippen LogP contribution in [-0.2, 0) is 7.05 Å². The third-order valence-corrected chi connectivity index (χ3v) is 7.50. The van der Waals surface area contributed by atoms with E-state index in [-0.39, 0.29) is 5.91 Å². The summed E-state index contributed by atoms with van der Waals surface area (Å²) in [5.41, 5.74) is 11.3. The molecule has 1 aromatic carbocycles. The number of fused-ring (bicyclic) bond motifs is 7. The van der Waals surface area contributed by atoms with Crippen LogP contribution >= 0.6 is 0 Å². The van der Waals surface area contributed by atoms with Gasteiger partial charge in [0.2, 0.25) is 11.8 Å². The van der Waals surface area contributed by atoms with Gasteiger partial charge in [0.1, 0.15) is 0 Å². The summed E-state index contributed by atoms with van der Waals surface area (Å²) in [6, 6.07) is 9.72. The lowest BCUT2D eigenvalue weighted by atomic mass is 9.97. The molecule has 2 aliphatic heterocycles. The molecule has 0 radical (unpaired) electrons. The first-order valence-corrected chi connectivity index (χ1v) is 13.4. The highest BCUT2D eigenvalue weighted by molar-refractivity contribution is 6.19. The minimum absolute atomic E-state index is 0.317. The van der Waals surface area contributed by atoms with E-state index in [1.54, 1.807) is 23.0 Å². The van der Waals surface area contributed by atoms with Gasteiger partial charge >= 0.3 is 0 Å². The molecule has 4 N–H and O–H groups in total. The van der Waals surface area contributed by atoms with Crippen LogP contribution in [0.1, 0.15) is 41.7 Å². The lowest BCUT2D eigenvalue weighted by Gasteiger charge is -2.26. The molecular weight excluding hydrogens is 480 g/mol. The first kappa shape index (κ1) is 24.4. The van der Waals surface area contributed by atoms with Crippen LogP contribution in [0.15, 0.2) is 41.5 Å². The summed E-state index contributed by atoms with van der Waals surface area (Å²) in [6.45, 7) is 4.51. The van der Waals surface area contributed by atoms with E-state index in [4.69, 9.17) is 10.5 Å². The maximum Gasteiger partial charge on any atom is 0.280 e. The number of nitrogens with two attached hydrogens (primary N) is 1. The predicted octanol–water partition coefficient (Wildman–Crippen LogP) is 3.79. The Labute approximate surface area is 222 Å². The van der Waals surface area contributed by atoms with Crippen molar-refractivity contribution in [3.8, 4) is 17.1 Å². The molecule has 3 aromatic rings. The molecule has 6 rings (SSSR count). The molecule has 38 heavy (non-hydrogen) atoms. The molecule has 10 heteroatoms. The van der Waals surface area contributed by atoms with Gasteiger partial charge < -0.3 is 26.0 Å². The average molecular weight is 515 g/mol. The number of guanidine groups is 1. The van der Waals surface area contributed by atoms with Gasteiger partial charge in [-0.2, -0.15) is 10.1 Å². The number of hydrogen-bond donors (Lipinski definition) is 3. The average Bonchev–Trinajstić information content (AvgIpc) is 3.61. The maximum absolute atomic E-state index is 13.6. The molecule has 1 aliphatic carbocycles. The highest BCUT2D eigenvalue weighted by Crippen LogP contribution is 2.43. The van der Waals surface area contributed by atoms with E-state index >= 15 is 0 Å². The number of aliphatic imine (C=N–C) groups is 1. The predicted molar refractivity (Wildman–Crippen MR) is 149 cm³/mol. The van der Waals surface area contributed by atoms with Gasteiger partial charge in [0.05, 0.1) is 35.4 Å². The highest BCUT2D eigenvalue weighted by Gasteiger charge is 2.36. The second kappa shape index (κ2) is 10.1. The van der Waals surface area contributed by atoms with Gasteiger partial charge in [0.15, 0.2) is 0 Å². The van der Waals surface area contributed by atoms with Gasteiger partial charge in [-0.15, -0.1) is 0 Å². The molecule has 2 aromatic heterocycles. The third kappa shape index (κ3) is 4.83. The van der Waals surface area contributed by atoms with E-state index in [1.807, 2.05) is 26.1 Å². The molecule has 198 valence electrons. The fraction of sp³-hybridized carbons (Fsp3) is 0.429. The lowest BCUT2D eigenvalue weighted by Crippen LogP contribution is -2.36. The molecule has 0 unspecified atom stereocenters. The van der Waals surface area contributed by atoms with Crippen LogP contribution in [0.25, 0.3) is 11.3 Å². The summed E-state index contributed by atoms with van der Waals surface area (Å²) >= 11 is 0. The van der Waals surface area contributed by atoms with Crippen molar-refractivity contribution in [2.75, 3.05) is 41.8 Å². The van der Waals surface area contributed by atoms with Crippen LogP contribution < -0.4 is 26.0 Å². The largest absolute Gasteiger partial charge is 0.477 e. The van der Waals surface area contributed by atoms with Crippen molar-refractivity contribution in [2.24, 2.45) is 29.6 Å². The zero-order valence-corrected chi connectivity index (χ0v) is 21.9. The molecule has 10 nitrogen and oxygen atoms in total. The molecular formula is C28H34N8O2. The first-order valence-electron chi connectivity index (χ1n) is 13.4. The van der Waals surface area contributed by atoms with Crippen molar-refractivity contribution in [1.82, 2.24) is 14.8 Å². The lowest BCUT2D eigenvalue weighted by molar-refractivity contribution is 0.100. The summed E-state index contributed by atoms with van der Waals surface area (Å²) in [5.74, 6) is 2.06. The molecule has 1 atom stereocenters. The number of nitrogens with one attached hydrogen (secondary N) is 2. The number of ether oxygens (including phenoxy) is 1. The van der Waals surface area contributed by atoms with Crippen LogP contribution in [0.5, 0.6) is 5.88 Å². The number of nitrogens with zero attached hydrogens (tertiary/aromatic N) is 5. The number of pyridine rings is 1. The molecule has 1 amide bonds. The van der Waals surface area contributed by atoms with Crippen LogP contribution in [0, 0.1) is 18.8 Å². The number of hydrogen-bond acceptors (Lipinski definition) is 8. The van der Waals surface area contributed by atoms with Gasteiger partial charge in [0, 0.05) is 43.6 Å². The SMILES string of the molecule is Cc1cc2cc(n1)-c1cnn(C)c1OCCC[C@@H](C1CC1)CN1/C(=N/C2=O)Nc2ccc(NCCN)cc21. The number of carbonyl (C=O) groups is 1. The Bertz CT molecular complexity index is 1390. The maximum atomic E-state index is 13.6. The van der Waals surface area contributed by atoms with Gasteiger partial charge in [-0.1, -0.05) is 0 Å². The minimum atomic E-state index is -0.317. The number of aromatic nitrogens is 3. The van der Waals surface area contributed by atoms with Crippen molar-refractivity contribution in [3.05, 3.63) is 47.8 Å². The zero-order valence-electron chi connectivity index (χ0n) is 21.9. The Kier molecular flexibility index (Phi) is 6.49. The van der Waals surface area contributed by atoms with Crippen molar-refractivity contribution in [2.45, 2.75) is 32.6 Å². The summed E-state index contributed by atoms with van der Waals surface area (Å²) < 4.78 is 7.97. The van der Waals surface area contributed by atoms with Crippen molar-refractivity contribution in [1.29, 1.82) is 0 Å². The molecule has 1 fully saturated rings. The number of carbonyl (C=O) groups excluding carboxylic acids is 1. The summed E-state index contributed by atoms with van der Waals surface area (Å²) in [4.78, 5) is 25.0. The summed E-state index contributed by atoms with van der Waals surface area (Å²) in [5, 5.41) is 11.2. The monoisotopic (exact) mass is 514 g/mol. The van der Waals surface area contributed by atoms with E-state index < -0.39 is 0 Å². The molecule has 1 saturated carbocycles. The van der Waals surface area contributed by atoms with Crippen molar-refractivity contribution >= 4 is 28.9 Å². The van der Waals surface area contributed by atoms with Crippen LogP contribution in [-0.4, -0.2) is 52.9 Å². The van der Waals surface area contributed by atoms with E-state index in [0.29, 0.717) is 54.6 Å². The second-order valence-corrected chi connectivity index (χ2v) is 10.4. The van der Waals surface area contributed by atoms with E-state index in [9.17, 15) is 4.79 Å². The summed E-state index contributed by atoms with van der Waals surface area (Å²) in [6.07, 6.45) is 6.18. The van der Waals surface area contributed by atoms with Crippen LogP contribution in [0.4, 0.5) is 17.1 Å². The molecule has 0 spiro atoms. The Morgan fingerprint density at radius 1 is 1.18 bits per heavy atom. The van der Waals surface area contributed by atoms with Crippen molar-refractivity contribution < 1.29 is 9.53 Å². The van der Waals surface area contributed by atoms with Crippen molar-refractivity contribution in [3.63, 3.8) is 0 Å². The van der Waals surface area contributed by atoms with Crippen LogP contribution in [0.2, 0.25) is 0 Å². The van der Waals surface area contributed by atoms with E-state index in [2.05, 4.69) is 36.7 Å². The Morgan fingerprint density at radius 3 is 2.87 bits per heavy atom. The van der Waals surface area contributed by atoms with Gasteiger partial charge in [0.25, 0.3) is 5.91 Å². The number of aryl methyl sites for hydroxylation is 2. The number of amides is 1. The number of benzene rings is 1. The third-order valence-electron chi connectivity index (χ3n) is 7.50. The van der Waals surface area contributed by atoms with Gasteiger partial charge in [-0.3, -0.25) is 9.78 Å². The molecule has 3 aliphatic rings. The standard InChI is InChI=1S/C28H34N8O2/c1-17-12-20-13-24(32-17)22-15-31-35(2)27(22)38-11-3-4-19(18-5-6-18)16-36-25-14-21(30-10-9-29)7-8-23(25)33-28(36)34-26(20)37/h7-8,12-15,18-19,30H,3-6,9-11,16,29H2,1-2H3,(H,33,34,37)/t19-/m1/s1. The topological polar surface area (TPSA) is 123 Å². The molecule has 0 saturated heterocycles. The van der Waals surface area contributed by atoms with Gasteiger partial charge in [-0.25, -0.2) is 4.68 Å². The summed E-state index contributed by atoms with van der Waals surface area (Å²) in [7, 11) is 1.86. The highest BCUT2D eigenvalue weighted by atomic mass is 16.5. The van der Waals surface area contributed by atoms with E-state index in [0.717, 1.165) is 47.7 Å². The Hall–Kier alpha value is -3.92. The first-order chi connectivity index (χ1) is 18.5. The minimum Gasteiger partial charge on any atom is -0.477 e.